The van der Waals surface area contributed by atoms with Gasteiger partial charge in [-0.1, -0.05) is 11.6 Å². The number of nitrogen functional groups attached to an aromatic ring is 1. The Balaban J connectivity index is 1.54. The molecule has 1 aromatic heterocycles. The number of benzene rings is 2. The van der Waals surface area contributed by atoms with E-state index in [2.05, 4.69) is 49.5 Å². The van der Waals surface area contributed by atoms with E-state index in [1.54, 1.807) is 27.0 Å². The zero-order valence-electron chi connectivity index (χ0n) is 21.5. The molecule has 198 valence electrons. The summed E-state index contributed by atoms with van der Waals surface area (Å²) in [5.41, 5.74) is 7.84. The lowest BCUT2D eigenvalue weighted by Crippen LogP contribution is -2.50. The summed E-state index contributed by atoms with van der Waals surface area (Å²) in [4.78, 5) is 17.1. The van der Waals surface area contributed by atoms with Gasteiger partial charge < -0.3 is 36.0 Å². The van der Waals surface area contributed by atoms with Gasteiger partial charge in [-0.15, -0.1) is 0 Å². The van der Waals surface area contributed by atoms with E-state index in [1.165, 1.54) is 18.5 Å². The summed E-state index contributed by atoms with van der Waals surface area (Å²) in [6.45, 7) is 5.99. The summed E-state index contributed by atoms with van der Waals surface area (Å²) in [5.74, 6) is 0.951. The summed E-state index contributed by atoms with van der Waals surface area (Å²) in [7, 11) is 5.73. The summed E-state index contributed by atoms with van der Waals surface area (Å²) < 4.78 is 19.7. The van der Waals surface area contributed by atoms with E-state index in [9.17, 15) is 9.50 Å². The molecular weight excluding hydrogens is 499 g/mol. The van der Waals surface area contributed by atoms with Crippen molar-refractivity contribution in [2.24, 2.45) is 5.92 Å². The second-order valence-corrected chi connectivity index (χ2v) is 10.3. The number of nitrogens with two attached hydrogens (primary N) is 1. The summed E-state index contributed by atoms with van der Waals surface area (Å²) in [6, 6.07) is 6.25. The molecule has 2 heterocycles. The lowest BCUT2D eigenvalue weighted by molar-refractivity contribution is 0.0790. The fourth-order valence-corrected chi connectivity index (χ4v) is 4.50. The molecule has 2 aromatic carbocycles. The normalized spacial score (nSPS) is 14.0. The van der Waals surface area contributed by atoms with Crippen molar-refractivity contribution in [3.8, 4) is 5.75 Å². The molecule has 1 saturated heterocycles. The fraction of sp³-hybridized carbons (Fsp3) is 0.400. The Morgan fingerprint density at radius 3 is 2.41 bits per heavy atom. The van der Waals surface area contributed by atoms with Crippen LogP contribution in [-0.4, -0.2) is 65.8 Å². The summed E-state index contributed by atoms with van der Waals surface area (Å²) in [5, 5.41) is 16.5. The van der Waals surface area contributed by atoms with Crippen LogP contribution in [0.5, 0.6) is 5.75 Å². The standard InChI is InChI=1S/C25H32ClFN8O2/c1-25(2,36)15-6-17(27)16(26)7-19(15)31-23-29-13-30-24(33-23)32-20-8-18(28)21(9-22(20)37-5)35-11-14(12-35)10-34(3)4/h6-9,13-14,36H,10-12,28H2,1-5H3,(H2,29,30,31,32,33). The first-order valence-electron chi connectivity index (χ1n) is 11.8. The Morgan fingerprint density at radius 1 is 1.16 bits per heavy atom. The summed E-state index contributed by atoms with van der Waals surface area (Å²) in [6.07, 6.45) is 1.32. The minimum atomic E-state index is -1.34. The van der Waals surface area contributed by atoms with Gasteiger partial charge in [-0.05, 0) is 46.1 Å². The Morgan fingerprint density at radius 2 is 1.81 bits per heavy atom. The fourth-order valence-electron chi connectivity index (χ4n) is 4.34. The van der Waals surface area contributed by atoms with Crippen LogP contribution in [0.3, 0.4) is 0 Å². The van der Waals surface area contributed by atoms with Crippen LogP contribution in [0.4, 0.5) is 39.0 Å². The van der Waals surface area contributed by atoms with E-state index in [0.717, 1.165) is 25.3 Å². The number of ether oxygens (including phenoxy) is 1. The molecule has 5 N–H and O–H groups in total. The van der Waals surface area contributed by atoms with E-state index in [4.69, 9.17) is 22.1 Å². The maximum absolute atomic E-state index is 14.1. The maximum Gasteiger partial charge on any atom is 0.232 e. The molecule has 0 aliphatic carbocycles. The Hall–Kier alpha value is -3.41. The molecule has 0 atom stereocenters. The molecule has 10 nitrogen and oxygen atoms in total. The van der Waals surface area contributed by atoms with Crippen molar-refractivity contribution >= 4 is 46.2 Å². The average Bonchev–Trinajstić information content (AvgIpc) is 2.78. The maximum atomic E-state index is 14.1. The smallest absolute Gasteiger partial charge is 0.232 e. The van der Waals surface area contributed by atoms with Gasteiger partial charge in [-0.25, -0.2) is 14.4 Å². The van der Waals surface area contributed by atoms with Crippen molar-refractivity contribution in [2.45, 2.75) is 19.4 Å². The topological polar surface area (TPSA) is 125 Å². The molecule has 0 bridgehead atoms. The van der Waals surface area contributed by atoms with Gasteiger partial charge in [-0.3, -0.25) is 0 Å². The third-order valence-corrected chi connectivity index (χ3v) is 6.34. The van der Waals surface area contributed by atoms with Gasteiger partial charge in [0, 0.05) is 42.9 Å². The van der Waals surface area contributed by atoms with Crippen LogP contribution in [0.1, 0.15) is 19.4 Å². The second-order valence-electron chi connectivity index (χ2n) is 9.90. The van der Waals surface area contributed by atoms with Gasteiger partial charge in [0.15, 0.2) is 0 Å². The number of hydrogen-bond acceptors (Lipinski definition) is 10. The largest absolute Gasteiger partial charge is 0.494 e. The quantitative estimate of drug-likeness (QED) is 0.302. The molecule has 37 heavy (non-hydrogen) atoms. The molecule has 0 unspecified atom stereocenters. The Bertz CT molecular complexity index is 1280. The van der Waals surface area contributed by atoms with Gasteiger partial charge in [-0.2, -0.15) is 4.98 Å². The molecule has 0 saturated carbocycles. The van der Waals surface area contributed by atoms with Crippen molar-refractivity contribution in [3.05, 3.63) is 47.0 Å². The number of halogens is 2. The van der Waals surface area contributed by atoms with Gasteiger partial charge in [0.05, 0.1) is 34.8 Å². The molecule has 1 aliphatic rings. The second kappa shape index (κ2) is 10.5. The molecule has 0 amide bonds. The highest BCUT2D eigenvalue weighted by molar-refractivity contribution is 6.31. The van der Waals surface area contributed by atoms with E-state index < -0.39 is 11.4 Å². The van der Waals surface area contributed by atoms with E-state index in [-0.39, 0.29) is 16.9 Å². The van der Waals surface area contributed by atoms with Gasteiger partial charge in [0.1, 0.15) is 17.9 Å². The number of aromatic nitrogens is 3. The number of aliphatic hydroxyl groups is 1. The van der Waals surface area contributed by atoms with Gasteiger partial charge in [0.25, 0.3) is 0 Å². The van der Waals surface area contributed by atoms with Crippen molar-refractivity contribution in [2.75, 3.05) is 62.1 Å². The van der Waals surface area contributed by atoms with Crippen LogP contribution < -0.4 is 26.0 Å². The Labute approximate surface area is 220 Å². The predicted octanol–water partition coefficient (Wildman–Crippen LogP) is 3.97. The van der Waals surface area contributed by atoms with E-state index >= 15 is 0 Å². The average molecular weight is 531 g/mol. The molecule has 3 aromatic rings. The van der Waals surface area contributed by atoms with Gasteiger partial charge in [0.2, 0.25) is 11.9 Å². The third kappa shape index (κ3) is 6.12. The van der Waals surface area contributed by atoms with Crippen molar-refractivity contribution in [3.63, 3.8) is 0 Å². The first-order valence-corrected chi connectivity index (χ1v) is 12.1. The van der Waals surface area contributed by atoms with E-state index in [1.807, 2.05) is 6.07 Å². The monoisotopic (exact) mass is 530 g/mol. The van der Waals surface area contributed by atoms with Crippen molar-refractivity contribution < 1.29 is 14.2 Å². The molecule has 12 heteroatoms. The molecule has 0 spiro atoms. The minimum absolute atomic E-state index is 0.0987. The third-order valence-electron chi connectivity index (χ3n) is 6.05. The number of nitrogens with one attached hydrogen (secondary N) is 2. The molecule has 4 rings (SSSR count). The van der Waals surface area contributed by atoms with Gasteiger partial charge >= 0.3 is 0 Å². The number of anilines is 6. The van der Waals surface area contributed by atoms with E-state index in [0.29, 0.717) is 34.3 Å². The van der Waals surface area contributed by atoms with Crippen molar-refractivity contribution in [1.29, 1.82) is 0 Å². The lowest BCUT2D eigenvalue weighted by atomic mass is 9.96. The molecule has 1 fully saturated rings. The first-order chi connectivity index (χ1) is 17.4. The highest BCUT2D eigenvalue weighted by Crippen LogP contribution is 2.39. The van der Waals surface area contributed by atoms with Crippen LogP contribution in [0.15, 0.2) is 30.6 Å². The van der Waals surface area contributed by atoms with Crippen LogP contribution in [0.25, 0.3) is 0 Å². The SMILES string of the molecule is COc1cc(N2CC(CN(C)C)C2)c(N)cc1Nc1ncnc(Nc2cc(Cl)c(F)cc2C(C)(C)O)n1. The summed E-state index contributed by atoms with van der Waals surface area (Å²) >= 11 is 5.98. The number of methoxy groups -OCH3 is 1. The van der Waals surface area contributed by atoms with Crippen LogP contribution >= 0.6 is 11.6 Å². The molecule has 0 radical (unpaired) electrons. The van der Waals surface area contributed by atoms with Crippen LogP contribution in [0.2, 0.25) is 5.02 Å². The first kappa shape index (κ1) is 26.6. The zero-order valence-corrected chi connectivity index (χ0v) is 22.3. The van der Waals surface area contributed by atoms with Crippen LogP contribution in [0, 0.1) is 11.7 Å². The number of hydrogen-bond donors (Lipinski definition) is 4. The minimum Gasteiger partial charge on any atom is -0.494 e. The Kier molecular flexibility index (Phi) is 7.58. The number of rotatable bonds is 9. The highest BCUT2D eigenvalue weighted by Gasteiger charge is 2.29. The lowest BCUT2D eigenvalue weighted by Gasteiger charge is -2.42. The predicted molar refractivity (Wildman–Crippen MR) is 145 cm³/mol. The number of nitrogens with zero attached hydrogens (tertiary/aromatic N) is 5. The highest BCUT2D eigenvalue weighted by atomic mass is 35.5. The molecular formula is C25H32ClFN8O2. The van der Waals surface area contributed by atoms with Crippen molar-refractivity contribution in [1.82, 2.24) is 19.9 Å². The van der Waals surface area contributed by atoms with Crippen LogP contribution in [-0.2, 0) is 5.60 Å². The molecule has 1 aliphatic heterocycles. The zero-order chi connectivity index (χ0) is 26.9.